The zero-order valence-corrected chi connectivity index (χ0v) is 25.8. The second kappa shape index (κ2) is 12.3. The van der Waals surface area contributed by atoms with Crippen molar-refractivity contribution in [2.24, 2.45) is 11.5 Å². The smallest absolute Gasteiger partial charge is 0.266 e. The van der Waals surface area contributed by atoms with Crippen LogP contribution in [0.5, 0.6) is 5.75 Å². The maximum atomic E-state index is 13.4. The first kappa shape index (κ1) is 30.3. The summed E-state index contributed by atoms with van der Waals surface area (Å²) < 4.78 is 30.1. The number of nitrogens with zero attached hydrogens (tertiary/aromatic N) is 3. The van der Waals surface area contributed by atoms with Crippen molar-refractivity contribution in [2.45, 2.75) is 6.54 Å². The first-order chi connectivity index (χ1) is 21.7. The fourth-order valence-electron chi connectivity index (χ4n) is 6.02. The molecule has 1 aromatic heterocycles. The average molecular weight is 627 g/mol. The third-order valence-corrected chi connectivity index (χ3v) is 9.08. The van der Waals surface area contributed by atoms with E-state index in [0.717, 1.165) is 24.0 Å². The van der Waals surface area contributed by atoms with Gasteiger partial charge >= 0.3 is 0 Å². The Morgan fingerprint density at radius 3 is 2.40 bits per heavy atom. The Morgan fingerprint density at radius 1 is 1.02 bits per heavy atom. The molecule has 0 bridgehead atoms. The molecule has 0 saturated carbocycles. The van der Waals surface area contributed by atoms with Gasteiger partial charge in [-0.1, -0.05) is 24.3 Å². The van der Waals surface area contributed by atoms with Crippen LogP contribution in [0, 0.1) is 0 Å². The van der Waals surface area contributed by atoms with E-state index in [-0.39, 0.29) is 18.0 Å². The van der Waals surface area contributed by atoms with E-state index in [9.17, 15) is 18.4 Å². The molecule has 1 atom stereocenters. The van der Waals surface area contributed by atoms with Crippen LogP contribution in [0.1, 0.15) is 26.3 Å². The fraction of sp³-hybridized carbons (Fsp3) is 0.212. The number of likely N-dealkylation sites (N-methyl/N-ethyl adjacent to an activating group) is 1. The first-order valence-corrected chi connectivity index (χ1v) is 15.5. The molecule has 0 spiro atoms. The number of anilines is 2. The summed E-state index contributed by atoms with van der Waals surface area (Å²) in [6, 6.07) is 21.1. The van der Waals surface area contributed by atoms with Gasteiger partial charge in [0.25, 0.3) is 23.1 Å². The van der Waals surface area contributed by atoms with Crippen molar-refractivity contribution in [3.05, 3.63) is 89.5 Å². The zero-order valence-electron chi connectivity index (χ0n) is 24.9. The molecule has 1 unspecified atom stereocenters. The van der Waals surface area contributed by atoms with Gasteiger partial charge in [0.15, 0.2) is 0 Å². The molecule has 5 aromatic rings. The van der Waals surface area contributed by atoms with Gasteiger partial charge in [-0.05, 0) is 66.7 Å². The average Bonchev–Trinajstić information content (AvgIpc) is 3.43. The predicted molar refractivity (Wildman–Crippen MR) is 177 cm³/mol. The Balaban J connectivity index is 1.57. The van der Waals surface area contributed by atoms with Crippen molar-refractivity contribution in [1.82, 2.24) is 14.8 Å². The number of amides is 2. The number of fused-ring (bicyclic) bond motifs is 3. The minimum Gasteiger partial charge on any atom is -0.497 e. The number of aromatic amines is 1. The molecule has 0 radical (unpaired) electrons. The number of primary amides is 1. The van der Waals surface area contributed by atoms with Gasteiger partial charge in [0.05, 0.1) is 29.6 Å². The molecule has 12 heteroatoms. The van der Waals surface area contributed by atoms with Crippen LogP contribution in [-0.2, 0) is 17.8 Å². The van der Waals surface area contributed by atoms with Crippen molar-refractivity contribution in [3.8, 4) is 16.9 Å². The number of hydrogen-bond acceptors (Lipinski definition) is 6. The molecule has 1 aliphatic heterocycles. The number of nitrogens with one attached hydrogen (secondary N) is 1. The molecule has 6 rings (SSSR count). The van der Waals surface area contributed by atoms with Gasteiger partial charge in [0, 0.05) is 60.1 Å². The molecule has 1 aliphatic rings. The summed E-state index contributed by atoms with van der Waals surface area (Å²) in [5.41, 5.74) is 17.0. The third kappa shape index (κ3) is 5.53. The zero-order chi connectivity index (χ0) is 31.8. The number of H-pyrrole nitrogens is 1. The summed E-state index contributed by atoms with van der Waals surface area (Å²) in [6.45, 7) is 3.04. The number of nitrogens with two attached hydrogens (primary N) is 2. The minimum absolute atomic E-state index is 0.0599. The van der Waals surface area contributed by atoms with E-state index < -0.39 is 17.2 Å². The molecule has 0 aliphatic carbocycles. The molecule has 45 heavy (non-hydrogen) atoms. The van der Waals surface area contributed by atoms with Crippen molar-refractivity contribution in [3.63, 3.8) is 0 Å². The van der Waals surface area contributed by atoms with Gasteiger partial charge in [-0.25, -0.2) is 8.51 Å². The highest BCUT2D eigenvalue weighted by Crippen LogP contribution is 2.44. The third-order valence-electron chi connectivity index (χ3n) is 8.36. The van der Waals surface area contributed by atoms with Gasteiger partial charge < -0.3 is 31.0 Å². The lowest BCUT2D eigenvalue weighted by atomic mass is 9.92. The Kier molecular flexibility index (Phi) is 8.30. The van der Waals surface area contributed by atoms with Crippen LogP contribution in [0.3, 0.4) is 0 Å². The quantitative estimate of drug-likeness (QED) is 0.188. The van der Waals surface area contributed by atoms with Crippen LogP contribution in [0.25, 0.3) is 32.9 Å². The Bertz CT molecular complexity index is 1950. The molecule has 6 N–H and O–H groups in total. The highest BCUT2D eigenvalue weighted by atomic mass is 32.2. The topological polar surface area (TPSA) is 158 Å². The van der Waals surface area contributed by atoms with Gasteiger partial charge in [0.2, 0.25) is 0 Å². The largest absolute Gasteiger partial charge is 0.497 e. The van der Waals surface area contributed by atoms with Crippen LogP contribution in [0.15, 0.2) is 72.8 Å². The number of ether oxygens (including phenoxy) is 1. The normalized spacial score (nSPS) is 14.5. The van der Waals surface area contributed by atoms with Crippen molar-refractivity contribution in [2.75, 3.05) is 44.6 Å². The molecule has 4 aromatic carbocycles. The van der Waals surface area contributed by atoms with Crippen molar-refractivity contribution >= 4 is 56.3 Å². The van der Waals surface area contributed by atoms with Gasteiger partial charge in [-0.15, -0.1) is 0 Å². The number of piperazine rings is 1. The summed E-state index contributed by atoms with van der Waals surface area (Å²) in [7, 11) is 3.59. The lowest BCUT2D eigenvalue weighted by Crippen LogP contribution is -2.47. The first-order valence-electron chi connectivity index (χ1n) is 14.4. The number of carbonyl (C=O) groups is 2. The van der Waals surface area contributed by atoms with Crippen molar-refractivity contribution < 1.29 is 23.1 Å². The fourth-order valence-corrected chi connectivity index (χ4v) is 6.64. The van der Waals surface area contributed by atoms with Crippen LogP contribution < -0.4 is 20.5 Å². The Labute approximate surface area is 262 Å². The number of benzene rings is 4. The molecule has 11 nitrogen and oxygen atoms in total. The summed E-state index contributed by atoms with van der Waals surface area (Å²) in [5, 5.41) is 1.44. The lowest BCUT2D eigenvalue weighted by Gasteiger charge is -2.32. The maximum Gasteiger partial charge on any atom is 0.266 e. The van der Waals surface area contributed by atoms with Gasteiger partial charge in [-0.2, -0.15) is 0 Å². The summed E-state index contributed by atoms with van der Waals surface area (Å²) >= 11 is -2.46. The summed E-state index contributed by atoms with van der Waals surface area (Å²) in [4.78, 5) is 33.4. The molecule has 1 saturated heterocycles. The van der Waals surface area contributed by atoms with Crippen LogP contribution in [0.2, 0.25) is 0 Å². The van der Waals surface area contributed by atoms with E-state index in [0.29, 0.717) is 63.3 Å². The van der Waals surface area contributed by atoms with Crippen molar-refractivity contribution in [1.29, 1.82) is 0 Å². The second-order valence-corrected chi connectivity index (χ2v) is 11.8. The minimum atomic E-state index is -2.46. The number of aromatic nitrogens is 1. The molecule has 2 heterocycles. The highest BCUT2D eigenvalue weighted by molar-refractivity contribution is 7.81. The lowest BCUT2D eigenvalue weighted by molar-refractivity contribution is 0.0664. The molecule has 1 fully saturated rings. The maximum absolute atomic E-state index is 13.4. The van der Waals surface area contributed by atoms with Crippen LogP contribution in [0.4, 0.5) is 11.4 Å². The number of rotatable bonds is 8. The molecule has 2 amide bonds. The number of hydrogen-bond donors (Lipinski definition) is 4. The van der Waals surface area contributed by atoms with Gasteiger partial charge in [0.1, 0.15) is 5.75 Å². The van der Waals surface area contributed by atoms with Gasteiger partial charge in [-0.3, -0.25) is 14.1 Å². The van der Waals surface area contributed by atoms with Crippen LogP contribution in [-0.4, -0.2) is 75.7 Å². The van der Waals surface area contributed by atoms with E-state index in [1.165, 1.54) is 4.31 Å². The summed E-state index contributed by atoms with van der Waals surface area (Å²) in [5.74, 6) is -0.0720. The second-order valence-electron chi connectivity index (χ2n) is 11.0. The Hall–Kier alpha value is -4.75. The summed E-state index contributed by atoms with van der Waals surface area (Å²) in [6.07, 6.45) is 0. The van der Waals surface area contributed by atoms with Crippen LogP contribution >= 0.6 is 0 Å². The highest BCUT2D eigenvalue weighted by Gasteiger charge is 2.26. The van der Waals surface area contributed by atoms with E-state index in [1.807, 2.05) is 24.1 Å². The molecular weight excluding hydrogens is 592 g/mol. The van der Waals surface area contributed by atoms with E-state index in [4.69, 9.17) is 16.2 Å². The van der Waals surface area contributed by atoms with E-state index in [2.05, 4.69) is 9.88 Å². The Morgan fingerprint density at radius 2 is 1.76 bits per heavy atom. The standard InChI is InChI=1S/C33H34N6O5S/c1-37-14-16-38(17-15-37)33(41)20-6-11-24-27(18-20)36-31-26(32(35)40)13-12-25(30(24)31)29-21(19-34)4-3-5-28(29)39(45(42)43)22-7-9-23(44-2)10-8-22/h3-13,18,36H,14-17,19,34H2,1-2H3,(H2,35,40)(H,42,43). The SMILES string of the molecule is COc1ccc(N(c2cccc(CN)c2-c2ccc(C(N)=O)c3[nH]c4cc(C(=O)N5CCN(C)CC5)ccc4c23)S(=O)O)cc1. The number of carbonyl (C=O) groups excluding carboxylic acids is 2. The van der Waals surface area contributed by atoms with E-state index >= 15 is 0 Å². The van der Waals surface area contributed by atoms with E-state index in [1.54, 1.807) is 67.8 Å². The predicted octanol–water partition coefficient (Wildman–Crippen LogP) is 4.22. The number of methoxy groups -OCH3 is 1. The molecule has 232 valence electrons. The monoisotopic (exact) mass is 626 g/mol. The molecular formula is C33H34N6O5S.